The number of nitrogens with zero attached hydrogens (tertiary/aromatic N) is 1. The third-order valence-electron chi connectivity index (χ3n) is 3.37. The van der Waals surface area contributed by atoms with Crippen LogP contribution < -0.4 is 5.32 Å². The Kier molecular flexibility index (Phi) is 5.04. The molecule has 1 aliphatic rings. The quantitative estimate of drug-likeness (QED) is 0.666. The maximum Gasteiger partial charge on any atom is 0.358 e. The molecule has 1 aliphatic carbocycles. The molecule has 1 aromatic rings. The molecule has 0 amide bonds. The van der Waals surface area contributed by atoms with Gasteiger partial charge in [0.05, 0.1) is 7.11 Å². The maximum absolute atomic E-state index is 11.6. The smallest absolute Gasteiger partial charge is 0.358 e. The monoisotopic (exact) mass is 314 g/mol. The third-order valence-corrected chi connectivity index (χ3v) is 5.55. The van der Waals surface area contributed by atoms with E-state index in [9.17, 15) is 9.59 Å². The summed E-state index contributed by atoms with van der Waals surface area (Å²) >= 11 is 3.11. The van der Waals surface area contributed by atoms with Gasteiger partial charge in [-0.3, -0.25) is 4.79 Å². The minimum absolute atomic E-state index is 0.118. The third kappa shape index (κ3) is 3.32. The van der Waals surface area contributed by atoms with Crippen molar-refractivity contribution in [3.05, 3.63) is 10.6 Å². The molecule has 1 saturated carbocycles. The van der Waals surface area contributed by atoms with Crippen LogP contribution in [0.4, 0.5) is 5.13 Å². The molecule has 1 aromatic heterocycles. The van der Waals surface area contributed by atoms with E-state index in [0.717, 1.165) is 12.8 Å². The van der Waals surface area contributed by atoms with Gasteiger partial charge < -0.3 is 10.1 Å². The molecule has 20 heavy (non-hydrogen) atoms. The predicted molar refractivity (Wildman–Crippen MR) is 82.0 cm³/mol. The van der Waals surface area contributed by atoms with Crippen molar-refractivity contribution in [1.82, 2.24) is 4.98 Å². The fraction of sp³-hybridized carbons (Fsp3) is 0.615. The summed E-state index contributed by atoms with van der Waals surface area (Å²) in [5, 5.41) is 4.64. The Hall–Kier alpha value is -1.08. The number of carbonyl (C=O) groups excluding carboxylic acids is 2. The van der Waals surface area contributed by atoms with Gasteiger partial charge >= 0.3 is 5.97 Å². The Morgan fingerprint density at radius 1 is 1.45 bits per heavy atom. The largest absolute Gasteiger partial charge is 0.464 e. The van der Waals surface area contributed by atoms with Gasteiger partial charge in [-0.1, -0.05) is 11.3 Å². The van der Waals surface area contributed by atoms with Gasteiger partial charge in [0, 0.05) is 18.2 Å². The van der Waals surface area contributed by atoms with E-state index in [2.05, 4.69) is 21.3 Å². The second kappa shape index (κ2) is 6.58. The Bertz CT molecular complexity index is 516. The zero-order valence-corrected chi connectivity index (χ0v) is 13.4. The molecule has 110 valence electrons. The molecular formula is C13H18N2O3S2. The van der Waals surface area contributed by atoms with Gasteiger partial charge in [0.1, 0.15) is 4.88 Å². The number of rotatable bonds is 5. The van der Waals surface area contributed by atoms with Crippen molar-refractivity contribution in [2.75, 3.05) is 18.7 Å². The molecule has 7 heteroatoms. The number of methoxy groups -OCH3 is 1. The summed E-state index contributed by atoms with van der Waals surface area (Å²) in [6.45, 7) is 1.43. The highest BCUT2D eigenvalue weighted by atomic mass is 32.2. The van der Waals surface area contributed by atoms with Crippen molar-refractivity contribution >= 4 is 40.0 Å². The predicted octanol–water partition coefficient (Wildman–Crippen LogP) is 2.83. The van der Waals surface area contributed by atoms with Gasteiger partial charge in [-0.15, -0.1) is 0 Å². The maximum atomic E-state index is 11.6. The van der Waals surface area contributed by atoms with Crippen molar-refractivity contribution in [3.63, 3.8) is 0 Å². The summed E-state index contributed by atoms with van der Waals surface area (Å²) in [6, 6.07) is 0.365. The number of thiazole rings is 1. The van der Waals surface area contributed by atoms with Crippen molar-refractivity contribution in [2.45, 2.75) is 37.5 Å². The van der Waals surface area contributed by atoms with Gasteiger partial charge in [-0.25, -0.2) is 9.78 Å². The number of esters is 1. The summed E-state index contributed by atoms with van der Waals surface area (Å²) < 4.78 is 4.67. The number of anilines is 1. The van der Waals surface area contributed by atoms with E-state index in [1.807, 2.05) is 11.8 Å². The lowest BCUT2D eigenvalue weighted by Gasteiger charge is -2.10. The number of carbonyl (C=O) groups is 2. The molecule has 5 nitrogen and oxygen atoms in total. The fourth-order valence-electron chi connectivity index (χ4n) is 2.32. The molecule has 1 heterocycles. The molecule has 0 radical (unpaired) electrons. The van der Waals surface area contributed by atoms with E-state index in [0.29, 0.717) is 21.3 Å². The zero-order valence-electron chi connectivity index (χ0n) is 11.8. The van der Waals surface area contributed by atoms with Crippen LogP contribution in [0, 0.1) is 0 Å². The second-order valence-electron chi connectivity index (χ2n) is 4.76. The van der Waals surface area contributed by atoms with Gasteiger partial charge in [-0.2, -0.15) is 11.8 Å². The summed E-state index contributed by atoms with van der Waals surface area (Å²) in [6.07, 6.45) is 5.49. The van der Waals surface area contributed by atoms with Gasteiger partial charge in [0.25, 0.3) is 0 Å². The first-order chi connectivity index (χ1) is 9.55. The Morgan fingerprint density at radius 2 is 2.20 bits per heavy atom. The van der Waals surface area contributed by atoms with Crippen molar-refractivity contribution in [2.24, 2.45) is 0 Å². The van der Waals surface area contributed by atoms with E-state index in [4.69, 9.17) is 0 Å². The van der Waals surface area contributed by atoms with Crippen LogP contribution in [0.15, 0.2) is 0 Å². The van der Waals surface area contributed by atoms with Crippen LogP contribution in [0.25, 0.3) is 0 Å². The van der Waals surface area contributed by atoms with Crippen LogP contribution in [0.5, 0.6) is 0 Å². The molecule has 1 fully saturated rings. The molecule has 0 spiro atoms. The number of ether oxygens (including phenoxy) is 1. The molecular weight excluding hydrogens is 296 g/mol. The van der Waals surface area contributed by atoms with Gasteiger partial charge in [-0.05, 0) is 25.5 Å². The highest BCUT2D eigenvalue weighted by Gasteiger charge is 2.27. The summed E-state index contributed by atoms with van der Waals surface area (Å²) in [7, 11) is 1.29. The number of thioether (sulfide) groups is 1. The average Bonchev–Trinajstić information content (AvgIpc) is 3.05. The number of nitrogens with one attached hydrogen (secondary N) is 1. The lowest BCUT2D eigenvalue weighted by atomic mass is 10.2. The van der Waals surface area contributed by atoms with Crippen LogP contribution in [0.3, 0.4) is 0 Å². The van der Waals surface area contributed by atoms with Gasteiger partial charge in [0.15, 0.2) is 16.6 Å². The molecule has 2 atom stereocenters. The second-order valence-corrected chi connectivity index (χ2v) is 6.89. The molecule has 0 aromatic carbocycles. The Balaban J connectivity index is 2.13. The minimum Gasteiger partial charge on any atom is -0.464 e. The molecule has 0 saturated heterocycles. The Morgan fingerprint density at radius 3 is 2.75 bits per heavy atom. The van der Waals surface area contributed by atoms with Crippen molar-refractivity contribution in [3.8, 4) is 0 Å². The lowest BCUT2D eigenvalue weighted by Crippen LogP contribution is -2.16. The number of hydrogen-bond acceptors (Lipinski definition) is 7. The summed E-state index contributed by atoms with van der Waals surface area (Å²) in [5.41, 5.74) is 0.118. The molecule has 0 bridgehead atoms. The zero-order chi connectivity index (χ0) is 14.7. The highest BCUT2D eigenvalue weighted by molar-refractivity contribution is 7.99. The molecule has 2 rings (SSSR count). The van der Waals surface area contributed by atoms with Crippen LogP contribution in [0.1, 0.15) is 46.3 Å². The first kappa shape index (κ1) is 15.3. The number of aromatic nitrogens is 1. The van der Waals surface area contributed by atoms with E-state index in [-0.39, 0.29) is 11.5 Å². The topological polar surface area (TPSA) is 68.3 Å². The van der Waals surface area contributed by atoms with Crippen molar-refractivity contribution < 1.29 is 14.3 Å². The van der Waals surface area contributed by atoms with E-state index >= 15 is 0 Å². The van der Waals surface area contributed by atoms with E-state index in [1.165, 1.54) is 31.8 Å². The summed E-state index contributed by atoms with van der Waals surface area (Å²) in [4.78, 5) is 27.8. The van der Waals surface area contributed by atoms with E-state index < -0.39 is 5.97 Å². The average molecular weight is 314 g/mol. The summed E-state index contributed by atoms with van der Waals surface area (Å²) in [5.74, 6) is -0.725. The van der Waals surface area contributed by atoms with Crippen molar-refractivity contribution in [1.29, 1.82) is 0 Å². The van der Waals surface area contributed by atoms with Crippen LogP contribution in [0.2, 0.25) is 0 Å². The van der Waals surface area contributed by atoms with E-state index in [1.54, 1.807) is 0 Å². The molecule has 1 N–H and O–H groups in total. The minimum atomic E-state index is -0.562. The van der Waals surface area contributed by atoms with Crippen LogP contribution >= 0.6 is 23.1 Å². The van der Waals surface area contributed by atoms with Gasteiger partial charge in [0.2, 0.25) is 0 Å². The Labute approximate surface area is 126 Å². The normalized spacial score (nSPS) is 21.8. The van der Waals surface area contributed by atoms with Crippen LogP contribution in [-0.4, -0.2) is 41.4 Å². The first-order valence-corrected chi connectivity index (χ1v) is 8.55. The van der Waals surface area contributed by atoms with Crippen LogP contribution in [-0.2, 0) is 4.74 Å². The molecule has 2 unspecified atom stereocenters. The lowest BCUT2D eigenvalue weighted by molar-refractivity contribution is 0.0591. The molecule has 0 aliphatic heterocycles. The fourth-order valence-corrected chi connectivity index (χ4v) is 4.04. The number of ketones is 1. The number of hydrogen-bond donors (Lipinski definition) is 1. The first-order valence-electron chi connectivity index (χ1n) is 6.44. The SMILES string of the molecule is COC(=O)c1nc(NC2CCC(SC)C2)sc1C(C)=O. The standard InChI is InChI=1S/C13H18N2O3S2/c1-7(16)11-10(12(17)18-2)15-13(20-11)14-8-4-5-9(6-8)19-3/h8-9H,4-6H2,1-3H3,(H,14,15). The number of Topliss-reactive ketones (excluding diaryl/α,β-unsaturated/α-hetero) is 1. The highest BCUT2D eigenvalue weighted by Crippen LogP contribution is 2.32.